The average Bonchev–Trinajstić information content (AvgIpc) is 3.32. The number of fused-ring (bicyclic) bond motifs is 1. The quantitative estimate of drug-likeness (QED) is 0.393. The van der Waals surface area contributed by atoms with E-state index < -0.39 is 18.5 Å². The Bertz CT molecular complexity index is 1090. The van der Waals surface area contributed by atoms with Gasteiger partial charge in [-0.25, -0.2) is 9.48 Å². The van der Waals surface area contributed by atoms with Gasteiger partial charge < -0.3 is 14.5 Å². The van der Waals surface area contributed by atoms with Gasteiger partial charge in [0, 0.05) is 11.9 Å². The maximum Gasteiger partial charge on any atom is 0.359 e. The van der Waals surface area contributed by atoms with Crippen LogP contribution in [0.5, 0.6) is 0 Å². The van der Waals surface area contributed by atoms with Crippen molar-refractivity contribution in [3.63, 3.8) is 0 Å². The number of carbonyl (C=O) groups is 2. The molecule has 0 saturated heterocycles. The van der Waals surface area contributed by atoms with Crippen LogP contribution < -0.4 is 10.9 Å². The van der Waals surface area contributed by atoms with Crippen molar-refractivity contribution in [2.75, 3.05) is 6.61 Å². The second kappa shape index (κ2) is 10.6. The molecule has 164 valence electrons. The number of ether oxygens (including phenoxy) is 1. The SMILES string of the molecule is CCCCCCn1nc(C(=O)OCC(=O)NC(C)c2ccco2)c2ccccc2c1=O. The zero-order valence-corrected chi connectivity index (χ0v) is 17.8. The molecule has 1 unspecified atom stereocenters. The van der Waals surface area contributed by atoms with Gasteiger partial charge >= 0.3 is 5.97 Å². The first-order chi connectivity index (χ1) is 15.0. The number of hydrogen-bond donors (Lipinski definition) is 1. The first-order valence-electron chi connectivity index (χ1n) is 10.5. The van der Waals surface area contributed by atoms with Crippen LogP contribution in [0.1, 0.15) is 61.8 Å². The van der Waals surface area contributed by atoms with E-state index in [1.165, 1.54) is 10.9 Å². The standard InChI is InChI=1S/C23H27N3O5/c1-3-4-5-8-13-26-22(28)18-11-7-6-10-17(18)21(25-26)23(29)31-15-20(27)24-16(2)19-12-9-14-30-19/h6-7,9-12,14,16H,3-5,8,13,15H2,1-2H3,(H,24,27). The Morgan fingerprint density at radius 2 is 1.90 bits per heavy atom. The molecule has 8 nitrogen and oxygen atoms in total. The van der Waals surface area contributed by atoms with Crippen molar-refractivity contribution >= 4 is 22.6 Å². The van der Waals surface area contributed by atoms with Crippen LogP contribution in [0, 0.1) is 0 Å². The predicted octanol–water partition coefficient (Wildman–Crippen LogP) is 3.60. The van der Waals surface area contributed by atoms with Crippen LogP contribution >= 0.6 is 0 Å². The van der Waals surface area contributed by atoms with E-state index in [0.717, 1.165) is 25.7 Å². The number of rotatable bonds is 10. The van der Waals surface area contributed by atoms with Crippen molar-refractivity contribution in [1.82, 2.24) is 15.1 Å². The first-order valence-corrected chi connectivity index (χ1v) is 10.5. The highest BCUT2D eigenvalue weighted by molar-refractivity contribution is 6.02. The minimum absolute atomic E-state index is 0.0255. The molecule has 0 saturated carbocycles. The Balaban J connectivity index is 1.72. The van der Waals surface area contributed by atoms with E-state index in [0.29, 0.717) is 23.1 Å². The van der Waals surface area contributed by atoms with Crippen molar-refractivity contribution < 1.29 is 18.7 Å². The van der Waals surface area contributed by atoms with Gasteiger partial charge in [-0.1, -0.05) is 44.4 Å². The fourth-order valence-corrected chi connectivity index (χ4v) is 3.32. The highest BCUT2D eigenvalue weighted by Crippen LogP contribution is 2.15. The number of benzene rings is 1. The Morgan fingerprint density at radius 1 is 1.13 bits per heavy atom. The lowest BCUT2D eigenvalue weighted by Crippen LogP contribution is -2.32. The van der Waals surface area contributed by atoms with Gasteiger partial charge in [-0.3, -0.25) is 9.59 Å². The third-order valence-electron chi connectivity index (χ3n) is 4.97. The van der Waals surface area contributed by atoms with Crippen LogP contribution in [0.2, 0.25) is 0 Å². The van der Waals surface area contributed by atoms with E-state index in [2.05, 4.69) is 17.3 Å². The van der Waals surface area contributed by atoms with Gasteiger partial charge in [-0.2, -0.15) is 5.10 Å². The molecular weight excluding hydrogens is 398 g/mol. The molecule has 0 fully saturated rings. The molecule has 1 atom stereocenters. The molecule has 8 heteroatoms. The van der Waals surface area contributed by atoms with E-state index in [1.807, 2.05) is 0 Å². The fraction of sp³-hybridized carbons (Fsp3) is 0.391. The molecule has 3 rings (SSSR count). The molecule has 31 heavy (non-hydrogen) atoms. The smallest absolute Gasteiger partial charge is 0.359 e. The first kappa shape index (κ1) is 22.3. The Hall–Kier alpha value is -3.42. The van der Waals surface area contributed by atoms with Crippen LogP contribution in [-0.4, -0.2) is 28.3 Å². The van der Waals surface area contributed by atoms with Gasteiger partial charge in [-0.15, -0.1) is 0 Å². The molecule has 0 spiro atoms. The van der Waals surface area contributed by atoms with Crippen LogP contribution in [0.15, 0.2) is 51.9 Å². The van der Waals surface area contributed by atoms with Crippen molar-refractivity contribution in [2.24, 2.45) is 0 Å². The Morgan fingerprint density at radius 3 is 2.61 bits per heavy atom. The number of nitrogens with one attached hydrogen (secondary N) is 1. The predicted molar refractivity (Wildman–Crippen MR) is 116 cm³/mol. The number of amides is 1. The molecule has 2 heterocycles. The lowest BCUT2D eigenvalue weighted by molar-refractivity contribution is -0.125. The molecule has 1 N–H and O–H groups in total. The highest BCUT2D eigenvalue weighted by Gasteiger charge is 2.20. The summed E-state index contributed by atoms with van der Waals surface area (Å²) < 4.78 is 11.8. The Labute approximate surface area is 180 Å². The normalized spacial score (nSPS) is 11.9. The van der Waals surface area contributed by atoms with Gasteiger partial charge in [0.25, 0.3) is 11.5 Å². The monoisotopic (exact) mass is 425 g/mol. The average molecular weight is 425 g/mol. The van der Waals surface area contributed by atoms with Crippen molar-refractivity contribution in [3.8, 4) is 0 Å². The largest absolute Gasteiger partial charge is 0.467 e. The second-order valence-electron chi connectivity index (χ2n) is 7.36. The summed E-state index contributed by atoms with van der Waals surface area (Å²) >= 11 is 0. The lowest BCUT2D eigenvalue weighted by Gasteiger charge is -2.13. The van der Waals surface area contributed by atoms with E-state index in [9.17, 15) is 14.4 Å². The third kappa shape index (κ3) is 5.59. The number of unbranched alkanes of at least 4 members (excludes halogenated alkanes) is 3. The zero-order chi connectivity index (χ0) is 22.2. The summed E-state index contributed by atoms with van der Waals surface area (Å²) in [5.74, 6) is -0.615. The number of furan rings is 1. The van der Waals surface area contributed by atoms with Gasteiger partial charge in [0.05, 0.1) is 17.7 Å². The zero-order valence-electron chi connectivity index (χ0n) is 17.8. The number of esters is 1. The fourth-order valence-electron chi connectivity index (χ4n) is 3.32. The van der Waals surface area contributed by atoms with Crippen molar-refractivity contribution in [1.29, 1.82) is 0 Å². The van der Waals surface area contributed by atoms with Crippen LogP contribution in [0.4, 0.5) is 0 Å². The number of hydrogen-bond acceptors (Lipinski definition) is 6. The molecule has 1 amide bonds. The summed E-state index contributed by atoms with van der Waals surface area (Å²) in [5, 5.41) is 7.77. The third-order valence-corrected chi connectivity index (χ3v) is 4.97. The molecule has 0 aliphatic carbocycles. The number of aryl methyl sites for hydroxylation is 1. The second-order valence-corrected chi connectivity index (χ2v) is 7.36. The summed E-state index contributed by atoms with van der Waals surface area (Å²) in [6.07, 6.45) is 5.44. The van der Waals surface area contributed by atoms with Crippen LogP contribution in [0.3, 0.4) is 0 Å². The lowest BCUT2D eigenvalue weighted by atomic mass is 10.1. The van der Waals surface area contributed by atoms with E-state index in [-0.39, 0.29) is 17.3 Å². The summed E-state index contributed by atoms with van der Waals surface area (Å²) in [5.41, 5.74) is -0.216. The molecule has 0 bridgehead atoms. The molecule has 2 aromatic heterocycles. The van der Waals surface area contributed by atoms with Gasteiger partial charge in [0.15, 0.2) is 12.3 Å². The van der Waals surface area contributed by atoms with Gasteiger partial charge in [-0.05, 0) is 31.5 Å². The van der Waals surface area contributed by atoms with Crippen molar-refractivity contribution in [3.05, 3.63) is 64.5 Å². The van der Waals surface area contributed by atoms with Crippen LogP contribution in [-0.2, 0) is 16.1 Å². The minimum Gasteiger partial charge on any atom is -0.467 e. The number of aromatic nitrogens is 2. The highest BCUT2D eigenvalue weighted by atomic mass is 16.5. The number of nitrogens with zero attached hydrogens (tertiary/aromatic N) is 2. The molecule has 0 aliphatic heterocycles. The summed E-state index contributed by atoms with van der Waals surface area (Å²) in [7, 11) is 0. The Kier molecular flexibility index (Phi) is 7.59. The maximum absolute atomic E-state index is 12.7. The summed E-state index contributed by atoms with van der Waals surface area (Å²) in [6, 6.07) is 9.90. The van der Waals surface area contributed by atoms with Crippen LogP contribution in [0.25, 0.3) is 10.8 Å². The van der Waals surface area contributed by atoms with E-state index in [1.54, 1.807) is 43.3 Å². The maximum atomic E-state index is 12.7. The molecule has 1 aromatic carbocycles. The number of carbonyl (C=O) groups excluding carboxylic acids is 2. The minimum atomic E-state index is -0.751. The summed E-state index contributed by atoms with van der Waals surface area (Å²) in [6.45, 7) is 3.84. The van der Waals surface area contributed by atoms with E-state index in [4.69, 9.17) is 9.15 Å². The van der Waals surface area contributed by atoms with Crippen molar-refractivity contribution in [2.45, 2.75) is 52.1 Å². The molecule has 3 aromatic rings. The van der Waals surface area contributed by atoms with Gasteiger partial charge in [0.2, 0.25) is 0 Å². The van der Waals surface area contributed by atoms with E-state index >= 15 is 0 Å². The molecular formula is C23H27N3O5. The molecule has 0 aliphatic rings. The molecule has 0 radical (unpaired) electrons. The topological polar surface area (TPSA) is 103 Å². The van der Waals surface area contributed by atoms with Gasteiger partial charge in [0.1, 0.15) is 5.76 Å². The summed E-state index contributed by atoms with van der Waals surface area (Å²) in [4.78, 5) is 37.6.